The van der Waals surface area contributed by atoms with Gasteiger partial charge in [0, 0.05) is 26.7 Å². The molecule has 2 aromatic carbocycles. The minimum Gasteiger partial charge on any atom is -0.435 e. The highest BCUT2D eigenvalue weighted by molar-refractivity contribution is 14.0. The first-order valence-corrected chi connectivity index (χ1v) is 9.47. The molecule has 0 saturated carbocycles. The first kappa shape index (κ1) is 23.8. The van der Waals surface area contributed by atoms with E-state index in [0.29, 0.717) is 12.5 Å². The van der Waals surface area contributed by atoms with Gasteiger partial charge in [-0.25, -0.2) is 4.98 Å². The van der Waals surface area contributed by atoms with Crippen LogP contribution in [0.1, 0.15) is 17.8 Å². The van der Waals surface area contributed by atoms with E-state index in [2.05, 4.69) is 36.0 Å². The smallest absolute Gasteiger partial charge is 0.387 e. The van der Waals surface area contributed by atoms with Crippen LogP contribution in [0, 0.1) is 6.92 Å². The number of aliphatic imine (C=N–C) groups is 1. The van der Waals surface area contributed by atoms with Crippen molar-refractivity contribution >= 4 is 41.0 Å². The Labute approximate surface area is 191 Å². The standard InChI is InChI=1S/C21H25F2N5O.HI/c1-15-27-18-9-3-4-10-19(18)28(15)12-6-11-25-21(24-2)26-14-16-7-5-8-17(13-16)29-20(22)23;/h3-5,7-10,13,20H,6,11-12,14H2,1-2H3,(H2,24,25,26);1H. The molecule has 6 nitrogen and oxygen atoms in total. The number of aromatic nitrogens is 2. The van der Waals surface area contributed by atoms with Crippen LogP contribution in [0.2, 0.25) is 0 Å². The van der Waals surface area contributed by atoms with Crippen molar-refractivity contribution in [3.05, 3.63) is 59.9 Å². The molecule has 0 aliphatic carbocycles. The lowest BCUT2D eigenvalue weighted by Gasteiger charge is -2.13. The number of fused-ring (bicyclic) bond motifs is 1. The van der Waals surface area contributed by atoms with Gasteiger partial charge in [-0.1, -0.05) is 24.3 Å². The number of alkyl halides is 2. The van der Waals surface area contributed by atoms with Crippen LogP contribution in [0.5, 0.6) is 5.75 Å². The molecule has 2 N–H and O–H groups in total. The summed E-state index contributed by atoms with van der Waals surface area (Å²) in [6.45, 7) is 1.22. The SMILES string of the molecule is CN=C(NCCCn1c(C)nc2ccccc21)NCc1cccc(OC(F)F)c1.I. The van der Waals surface area contributed by atoms with Crippen LogP contribution in [0.3, 0.4) is 0 Å². The Morgan fingerprint density at radius 1 is 1.17 bits per heavy atom. The van der Waals surface area contributed by atoms with Gasteiger partial charge in [-0.3, -0.25) is 4.99 Å². The molecular formula is C21H26F2IN5O. The van der Waals surface area contributed by atoms with E-state index in [-0.39, 0.29) is 29.7 Å². The maximum Gasteiger partial charge on any atom is 0.387 e. The summed E-state index contributed by atoms with van der Waals surface area (Å²) >= 11 is 0. The fourth-order valence-corrected chi connectivity index (χ4v) is 3.16. The molecule has 162 valence electrons. The summed E-state index contributed by atoms with van der Waals surface area (Å²) in [5.41, 5.74) is 2.97. The van der Waals surface area contributed by atoms with Crippen LogP contribution in [-0.2, 0) is 13.1 Å². The maximum atomic E-state index is 12.3. The summed E-state index contributed by atoms with van der Waals surface area (Å²) in [6.07, 6.45) is 0.902. The highest BCUT2D eigenvalue weighted by atomic mass is 127. The second kappa shape index (κ2) is 11.7. The summed E-state index contributed by atoms with van der Waals surface area (Å²) in [6, 6.07) is 14.7. The quantitative estimate of drug-likeness (QED) is 0.198. The van der Waals surface area contributed by atoms with Gasteiger partial charge in [-0.05, 0) is 43.2 Å². The minimum atomic E-state index is -2.83. The zero-order valence-electron chi connectivity index (χ0n) is 16.9. The molecule has 0 spiro atoms. The number of ether oxygens (including phenoxy) is 1. The second-order valence-corrected chi connectivity index (χ2v) is 6.53. The topological polar surface area (TPSA) is 63.5 Å². The van der Waals surface area contributed by atoms with E-state index in [1.165, 1.54) is 6.07 Å². The van der Waals surface area contributed by atoms with Gasteiger partial charge < -0.3 is 19.9 Å². The Morgan fingerprint density at radius 2 is 1.97 bits per heavy atom. The van der Waals surface area contributed by atoms with E-state index in [4.69, 9.17) is 0 Å². The molecule has 1 aromatic heterocycles. The molecule has 0 radical (unpaired) electrons. The third-order valence-corrected chi connectivity index (χ3v) is 4.50. The molecule has 1 heterocycles. The van der Waals surface area contributed by atoms with Crippen molar-refractivity contribution in [2.45, 2.75) is 33.0 Å². The lowest BCUT2D eigenvalue weighted by Crippen LogP contribution is -2.37. The van der Waals surface area contributed by atoms with E-state index >= 15 is 0 Å². The zero-order chi connectivity index (χ0) is 20.6. The van der Waals surface area contributed by atoms with E-state index in [1.54, 1.807) is 19.2 Å². The molecule has 0 fully saturated rings. The van der Waals surface area contributed by atoms with E-state index < -0.39 is 6.61 Å². The van der Waals surface area contributed by atoms with Gasteiger partial charge in [0.15, 0.2) is 5.96 Å². The maximum absolute atomic E-state index is 12.3. The number of nitrogens with one attached hydrogen (secondary N) is 2. The van der Waals surface area contributed by atoms with Gasteiger partial charge >= 0.3 is 6.61 Å². The number of nitrogens with zero attached hydrogens (tertiary/aromatic N) is 3. The largest absolute Gasteiger partial charge is 0.435 e. The van der Waals surface area contributed by atoms with Gasteiger partial charge in [0.2, 0.25) is 0 Å². The highest BCUT2D eigenvalue weighted by Gasteiger charge is 2.07. The van der Waals surface area contributed by atoms with Crippen molar-refractivity contribution in [1.82, 2.24) is 20.2 Å². The normalized spacial score (nSPS) is 11.4. The number of aryl methyl sites for hydroxylation is 2. The van der Waals surface area contributed by atoms with Crippen LogP contribution in [0.25, 0.3) is 11.0 Å². The predicted molar refractivity (Wildman–Crippen MR) is 126 cm³/mol. The third-order valence-electron chi connectivity index (χ3n) is 4.50. The van der Waals surface area contributed by atoms with Gasteiger partial charge in [-0.2, -0.15) is 8.78 Å². The molecule has 0 aliphatic rings. The average molecular weight is 529 g/mol. The molecule has 0 amide bonds. The molecule has 0 saturated heterocycles. The summed E-state index contributed by atoms with van der Waals surface area (Å²) in [4.78, 5) is 8.78. The molecule has 0 unspecified atom stereocenters. The van der Waals surface area contributed by atoms with E-state index in [0.717, 1.165) is 41.9 Å². The Hall–Kier alpha value is -2.43. The Balaban J connectivity index is 0.00000320. The number of guanidine groups is 1. The van der Waals surface area contributed by atoms with Crippen molar-refractivity contribution in [3.63, 3.8) is 0 Å². The first-order valence-electron chi connectivity index (χ1n) is 9.47. The summed E-state index contributed by atoms with van der Waals surface area (Å²) in [5, 5.41) is 6.45. The molecule has 9 heteroatoms. The Kier molecular flexibility index (Phi) is 9.28. The Bertz CT molecular complexity index is 977. The molecule has 3 aromatic rings. The van der Waals surface area contributed by atoms with Crippen molar-refractivity contribution < 1.29 is 13.5 Å². The monoisotopic (exact) mass is 529 g/mol. The average Bonchev–Trinajstić information content (AvgIpc) is 3.02. The van der Waals surface area contributed by atoms with E-state index in [9.17, 15) is 8.78 Å². The molecule has 0 atom stereocenters. The van der Waals surface area contributed by atoms with Crippen molar-refractivity contribution in [3.8, 4) is 5.75 Å². The first-order chi connectivity index (χ1) is 14.1. The van der Waals surface area contributed by atoms with Crippen LogP contribution in [-0.4, -0.2) is 35.7 Å². The fraction of sp³-hybridized carbons (Fsp3) is 0.333. The predicted octanol–water partition coefficient (Wildman–Crippen LogP) is 4.32. The van der Waals surface area contributed by atoms with Gasteiger partial charge in [-0.15, -0.1) is 24.0 Å². The number of benzene rings is 2. The van der Waals surface area contributed by atoms with Gasteiger partial charge in [0.1, 0.15) is 11.6 Å². The summed E-state index contributed by atoms with van der Waals surface area (Å²) < 4.78 is 31.3. The minimum absolute atomic E-state index is 0. The van der Waals surface area contributed by atoms with Crippen molar-refractivity contribution in [2.75, 3.05) is 13.6 Å². The third kappa shape index (κ3) is 6.54. The number of hydrogen-bond acceptors (Lipinski definition) is 3. The van der Waals surface area contributed by atoms with Crippen LogP contribution < -0.4 is 15.4 Å². The number of hydrogen-bond donors (Lipinski definition) is 2. The second-order valence-electron chi connectivity index (χ2n) is 6.53. The lowest BCUT2D eigenvalue weighted by molar-refractivity contribution is -0.0498. The number of imidazole rings is 1. The number of rotatable bonds is 8. The van der Waals surface area contributed by atoms with Crippen LogP contribution in [0.15, 0.2) is 53.5 Å². The van der Waals surface area contributed by atoms with Crippen molar-refractivity contribution in [2.24, 2.45) is 4.99 Å². The zero-order valence-corrected chi connectivity index (χ0v) is 19.3. The molecule has 3 rings (SSSR count). The van der Waals surface area contributed by atoms with Gasteiger partial charge in [0.25, 0.3) is 0 Å². The highest BCUT2D eigenvalue weighted by Crippen LogP contribution is 2.16. The van der Waals surface area contributed by atoms with Crippen molar-refractivity contribution in [1.29, 1.82) is 0 Å². The van der Waals surface area contributed by atoms with E-state index in [1.807, 2.05) is 31.2 Å². The van der Waals surface area contributed by atoms with Crippen LogP contribution >= 0.6 is 24.0 Å². The molecular weight excluding hydrogens is 503 g/mol. The lowest BCUT2D eigenvalue weighted by atomic mass is 10.2. The summed E-state index contributed by atoms with van der Waals surface area (Å²) in [5.74, 6) is 1.79. The molecule has 30 heavy (non-hydrogen) atoms. The summed E-state index contributed by atoms with van der Waals surface area (Å²) in [7, 11) is 1.69. The fourth-order valence-electron chi connectivity index (χ4n) is 3.16. The number of halogens is 3. The Morgan fingerprint density at radius 3 is 2.73 bits per heavy atom. The molecule has 0 aliphatic heterocycles. The molecule has 0 bridgehead atoms. The van der Waals surface area contributed by atoms with Gasteiger partial charge in [0.05, 0.1) is 11.0 Å². The number of para-hydroxylation sites is 2. The van der Waals surface area contributed by atoms with Crippen LogP contribution in [0.4, 0.5) is 8.78 Å².